The van der Waals surface area contributed by atoms with Crippen LogP contribution in [0.4, 0.5) is 0 Å². The van der Waals surface area contributed by atoms with Gasteiger partial charge in [-0.05, 0) is 11.6 Å². The lowest BCUT2D eigenvalue weighted by atomic mass is 10.1. The summed E-state index contributed by atoms with van der Waals surface area (Å²) in [4.78, 5) is 20.5. The number of hydrogen-bond donors (Lipinski definition) is 2. The van der Waals surface area contributed by atoms with E-state index in [-0.39, 0.29) is 5.91 Å². The van der Waals surface area contributed by atoms with Gasteiger partial charge in [-0.3, -0.25) is 9.89 Å². The number of aromatic nitrogens is 6. The van der Waals surface area contributed by atoms with Gasteiger partial charge in [0.05, 0.1) is 5.69 Å². The molecule has 8 nitrogen and oxygen atoms in total. The third-order valence-corrected chi connectivity index (χ3v) is 3.57. The van der Waals surface area contributed by atoms with Gasteiger partial charge in [-0.15, -0.1) is 0 Å². The Morgan fingerprint density at radius 1 is 1.30 bits per heavy atom. The number of carbonyl (C=O) groups excluding carboxylic acids is 1. The SMILES string of the molecule is O=C(NCc1ccccc1-n1cncn1)c1c[nH]n2ccnc12. The number of benzene rings is 1. The molecule has 0 aliphatic heterocycles. The van der Waals surface area contributed by atoms with Crippen molar-refractivity contribution in [1.82, 2.24) is 34.7 Å². The van der Waals surface area contributed by atoms with Crippen molar-refractivity contribution in [3.05, 3.63) is 66.6 Å². The molecule has 3 aromatic heterocycles. The van der Waals surface area contributed by atoms with Crippen molar-refractivity contribution < 1.29 is 4.79 Å². The number of para-hydroxylation sites is 1. The molecule has 8 heteroatoms. The Balaban J connectivity index is 1.56. The predicted molar refractivity (Wildman–Crippen MR) is 82.1 cm³/mol. The van der Waals surface area contributed by atoms with Crippen molar-refractivity contribution in [3.8, 4) is 5.69 Å². The summed E-state index contributed by atoms with van der Waals surface area (Å²) in [5.74, 6) is -0.184. The Kier molecular flexibility index (Phi) is 3.12. The molecule has 4 rings (SSSR count). The first-order valence-electron chi connectivity index (χ1n) is 7.04. The number of nitrogens with zero attached hydrogens (tertiary/aromatic N) is 5. The molecule has 1 amide bonds. The zero-order valence-electron chi connectivity index (χ0n) is 12.0. The van der Waals surface area contributed by atoms with Crippen LogP contribution in [-0.4, -0.2) is 35.3 Å². The van der Waals surface area contributed by atoms with E-state index in [1.807, 2.05) is 24.3 Å². The Labute approximate surface area is 130 Å². The molecule has 23 heavy (non-hydrogen) atoms. The smallest absolute Gasteiger partial charge is 0.256 e. The summed E-state index contributed by atoms with van der Waals surface area (Å²) < 4.78 is 3.36. The number of rotatable bonds is 4. The van der Waals surface area contributed by atoms with Gasteiger partial charge in [0.1, 0.15) is 18.2 Å². The average molecular weight is 307 g/mol. The van der Waals surface area contributed by atoms with Crippen molar-refractivity contribution in [3.63, 3.8) is 0 Å². The highest BCUT2D eigenvalue weighted by molar-refractivity contribution is 5.99. The van der Waals surface area contributed by atoms with Crippen LogP contribution in [0, 0.1) is 0 Å². The molecule has 114 valence electrons. The number of aromatic amines is 1. The summed E-state index contributed by atoms with van der Waals surface area (Å²) in [5.41, 5.74) is 2.94. The second-order valence-electron chi connectivity index (χ2n) is 4.96. The van der Waals surface area contributed by atoms with E-state index in [2.05, 4.69) is 25.5 Å². The van der Waals surface area contributed by atoms with Gasteiger partial charge in [-0.1, -0.05) is 18.2 Å². The van der Waals surface area contributed by atoms with Gasteiger partial charge in [0.15, 0.2) is 5.65 Å². The van der Waals surface area contributed by atoms with E-state index >= 15 is 0 Å². The number of nitrogens with one attached hydrogen (secondary N) is 2. The Morgan fingerprint density at radius 3 is 3.09 bits per heavy atom. The third kappa shape index (κ3) is 2.35. The Bertz CT molecular complexity index is 951. The molecule has 0 bridgehead atoms. The number of amides is 1. The molecular formula is C15H13N7O. The molecule has 0 atom stereocenters. The Hall–Kier alpha value is -3.42. The maximum atomic E-state index is 12.4. The number of hydrogen-bond acceptors (Lipinski definition) is 4. The molecule has 0 aliphatic carbocycles. The van der Waals surface area contributed by atoms with Crippen LogP contribution in [-0.2, 0) is 6.54 Å². The van der Waals surface area contributed by atoms with Crippen LogP contribution in [0.25, 0.3) is 11.3 Å². The number of carbonyl (C=O) groups is 1. The standard InChI is InChI=1S/C15H13N7O/c23-15(12-8-19-21-6-5-17-14(12)21)18-7-11-3-1-2-4-13(11)22-10-16-9-20-22/h1-6,8-10,19H,7H2,(H,18,23). The molecule has 2 N–H and O–H groups in total. The molecule has 0 radical (unpaired) electrons. The maximum Gasteiger partial charge on any atom is 0.256 e. The minimum absolute atomic E-state index is 0.184. The molecule has 1 aromatic carbocycles. The fourth-order valence-electron chi connectivity index (χ4n) is 2.46. The van der Waals surface area contributed by atoms with Crippen LogP contribution >= 0.6 is 0 Å². The van der Waals surface area contributed by atoms with Crippen LogP contribution in [0.1, 0.15) is 15.9 Å². The van der Waals surface area contributed by atoms with Gasteiger partial charge in [0, 0.05) is 25.1 Å². The summed E-state index contributed by atoms with van der Waals surface area (Å²) in [6.07, 6.45) is 8.14. The maximum absolute atomic E-state index is 12.4. The molecule has 0 fully saturated rings. The second-order valence-corrected chi connectivity index (χ2v) is 4.96. The van der Waals surface area contributed by atoms with Gasteiger partial charge in [-0.25, -0.2) is 19.2 Å². The van der Waals surface area contributed by atoms with Gasteiger partial charge in [0.2, 0.25) is 0 Å². The minimum atomic E-state index is -0.184. The summed E-state index contributed by atoms with van der Waals surface area (Å²) in [7, 11) is 0. The zero-order chi connectivity index (χ0) is 15.6. The van der Waals surface area contributed by atoms with Gasteiger partial charge >= 0.3 is 0 Å². The average Bonchev–Trinajstić information content (AvgIpc) is 3.29. The minimum Gasteiger partial charge on any atom is -0.348 e. The van der Waals surface area contributed by atoms with E-state index in [1.165, 1.54) is 6.33 Å². The van der Waals surface area contributed by atoms with Crippen molar-refractivity contribution in [2.45, 2.75) is 6.54 Å². The molecule has 4 aromatic rings. The predicted octanol–water partition coefficient (Wildman–Crippen LogP) is 1.17. The van der Waals surface area contributed by atoms with E-state index in [0.717, 1.165) is 11.3 Å². The number of H-pyrrole nitrogens is 1. The molecule has 0 spiro atoms. The quantitative estimate of drug-likeness (QED) is 0.592. The Morgan fingerprint density at radius 2 is 2.22 bits per heavy atom. The van der Waals surface area contributed by atoms with Crippen molar-refractivity contribution in [1.29, 1.82) is 0 Å². The highest BCUT2D eigenvalue weighted by Gasteiger charge is 2.14. The van der Waals surface area contributed by atoms with E-state index in [1.54, 1.807) is 34.1 Å². The third-order valence-electron chi connectivity index (χ3n) is 3.57. The van der Waals surface area contributed by atoms with E-state index in [4.69, 9.17) is 0 Å². The van der Waals surface area contributed by atoms with Crippen LogP contribution in [0.2, 0.25) is 0 Å². The van der Waals surface area contributed by atoms with Crippen LogP contribution in [0.15, 0.2) is 55.5 Å². The van der Waals surface area contributed by atoms with Gasteiger partial charge < -0.3 is 5.32 Å². The van der Waals surface area contributed by atoms with E-state index in [0.29, 0.717) is 17.8 Å². The van der Waals surface area contributed by atoms with Crippen molar-refractivity contribution in [2.75, 3.05) is 0 Å². The summed E-state index contributed by atoms with van der Waals surface area (Å²) in [6, 6.07) is 7.71. The molecule has 0 saturated carbocycles. The largest absolute Gasteiger partial charge is 0.348 e. The molecule has 0 aliphatic rings. The fourth-order valence-corrected chi connectivity index (χ4v) is 2.46. The van der Waals surface area contributed by atoms with Crippen molar-refractivity contribution in [2.24, 2.45) is 0 Å². The summed E-state index contributed by atoms with van der Waals surface area (Å²) >= 11 is 0. The highest BCUT2D eigenvalue weighted by Crippen LogP contribution is 2.13. The topological polar surface area (TPSA) is 92.9 Å². The first kappa shape index (κ1) is 13.3. The van der Waals surface area contributed by atoms with Gasteiger partial charge in [-0.2, -0.15) is 5.10 Å². The van der Waals surface area contributed by atoms with E-state index < -0.39 is 0 Å². The number of imidazole rings is 1. The lowest BCUT2D eigenvalue weighted by Gasteiger charge is -2.09. The van der Waals surface area contributed by atoms with Crippen molar-refractivity contribution >= 4 is 11.6 Å². The van der Waals surface area contributed by atoms with Gasteiger partial charge in [0.25, 0.3) is 5.91 Å². The molecule has 3 heterocycles. The summed E-state index contributed by atoms with van der Waals surface area (Å²) in [6.45, 7) is 0.382. The van der Waals surface area contributed by atoms with E-state index in [9.17, 15) is 4.79 Å². The fraction of sp³-hybridized carbons (Fsp3) is 0.0667. The molecule has 0 saturated heterocycles. The second kappa shape index (κ2) is 5.41. The highest BCUT2D eigenvalue weighted by atomic mass is 16.1. The number of fused-ring (bicyclic) bond motifs is 1. The van der Waals surface area contributed by atoms with Crippen LogP contribution in [0.5, 0.6) is 0 Å². The molecular weight excluding hydrogens is 294 g/mol. The summed E-state index contributed by atoms with van der Waals surface area (Å²) in [5, 5.41) is 10.00. The zero-order valence-corrected chi connectivity index (χ0v) is 12.0. The first-order chi connectivity index (χ1) is 11.3. The van der Waals surface area contributed by atoms with Crippen LogP contribution in [0.3, 0.4) is 0 Å². The van der Waals surface area contributed by atoms with Crippen LogP contribution < -0.4 is 5.32 Å². The first-order valence-corrected chi connectivity index (χ1v) is 7.04. The lowest BCUT2D eigenvalue weighted by molar-refractivity contribution is 0.0952. The monoisotopic (exact) mass is 307 g/mol. The normalized spacial score (nSPS) is 11.0. The lowest BCUT2D eigenvalue weighted by Crippen LogP contribution is -2.23. The molecule has 0 unspecified atom stereocenters.